The Morgan fingerprint density at radius 2 is 2.33 bits per heavy atom. The molecule has 0 aromatic heterocycles. The summed E-state index contributed by atoms with van der Waals surface area (Å²) >= 11 is 0. The second-order valence-electron chi connectivity index (χ2n) is 3.44. The highest BCUT2D eigenvalue weighted by Crippen LogP contribution is 2.38. The quantitative estimate of drug-likeness (QED) is 0.865. The van der Waals surface area contributed by atoms with Gasteiger partial charge in [0.1, 0.15) is 6.61 Å². The lowest BCUT2D eigenvalue weighted by Crippen LogP contribution is -2.10. The monoisotopic (exact) mass is 229 g/mol. The summed E-state index contributed by atoms with van der Waals surface area (Å²) < 4.78 is 11.1. The summed E-state index contributed by atoms with van der Waals surface area (Å²) in [7, 11) is 0. The third-order valence-corrected chi connectivity index (χ3v) is 2.28. The predicted molar refractivity (Wildman–Crippen MR) is 61.9 cm³/mol. The Balaban J connectivity index is 0.00000112. The van der Waals surface area contributed by atoms with Crippen molar-refractivity contribution in [1.29, 1.82) is 0 Å². The summed E-state index contributed by atoms with van der Waals surface area (Å²) in [6.07, 6.45) is 0.996. The molecule has 0 bridgehead atoms. The van der Waals surface area contributed by atoms with E-state index in [4.69, 9.17) is 15.2 Å². The van der Waals surface area contributed by atoms with Gasteiger partial charge in [-0.3, -0.25) is 0 Å². The molecule has 1 unspecified atom stereocenters. The van der Waals surface area contributed by atoms with E-state index in [1.807, 2.05) is 18.2 Å². The van der Waals surface area contributed by atoms with Crippen molar-refractivity contribution < 1.29 is 9.47 Å². The van der Waals surface area contributed by atoms with E-state index in [2.05, 4.69) is 6.92 Å². The first kappa shape index (κ1) is 12.1. The number of hydrogen-bond acceptors (Lipinski definition) is 3. The van der Waals surface area contributed by atoms with Crippen molar-refractivity contribution in [3.05, 3.63) is 23.8 Å². The standard InChI is InChI=1S/C11H15NO2.ClH/c1-2-6-13-10-5-3-4-8-9(12)7-14-11(8)10;/h3-5,9H,2,6-7,12H2,1H3;1H. The molecule has 15 heavy (non-hydrogen) atoms. The molecule has 1 aliphatic heterocycles. The van der Waals surface area contributed by atoms with Gasteiger partial charge < -0.3 is 15.2 Å². The highest BCUT2D eigenvalue weighted by atomic mass is 35.5. The maximum absolute atomic E-state index is 5.86. The number of hydrogen-bond donors (Lipinski definition) is 1. The third-order valence-electron chi connectivity index (χ3n) is 2.28. The molecular formula is C11H16ClNO2. The number of para-hydroxylation sites is 1. The Morgan fingerprint density at radius 3 is 3.07 bits per heavy atom. The van der Waals surface area contributed by atoms with Gasteiger partial charge in [-0.2, -0.15) is 0 Å². The van der Waals surface area contributed by atoms with Crippen LogP contribution in [0.1, 0.15) is 24.9 Å². The Kier molecular flexibility index (Phi) is 4.24. The van der Waals surface area contributed by atoms with Gasteiger partial charge in [0, 0.05) is 5.56 Å². The summed E-state index contributed by atoms with van der Waals surface area (Å²) in [6.45, 7) is 3.35. The minimum absolute atomic E-state index is 0. The summed E-state index contributed by atoms with van der Waals surface area (Å²) in [5.41, 5.74) is 6.92. The van der Waals surface area contributed by atoms with Crippen LogP contribution in [0.4, 0.5) is 0 Å². The van der Waals surface area contributed by atoms with Gasteiger partial charge in [0.2, 0.25) is 0 Å². The van der Waals surface area contributed by atoms with E-state index >= 15 is 0 Å². The largest absolute Gasteiger partial charge is 0.490 e. The topological polar surface area (TPSA) is 44.5 Å². The molecule has 1 atom stereocenters. The molecule has 0 saturated carbocycles. The molecule has 1 aliphatic rings. The van der Waals surface area contributed by atoms with Gasteiger partial charge in [-0.1, -0.05) is 19.1 Å². The zero-order chi connectivity index (χ0) is 9.97. The van der Waals surface area contributed by atoms with Crippen molar-refractivity contribution in [2.24, 2.45) is 5.73 Å². The zero-order valence-corrected chi connectivity index (χ0v) is 9.55. The van der Waals surface area contributed by atoms with E-state index in [-0.39, 0.29) is 18.4 Å². The lowest BCUT2D eigenvalue weighted by atomic mass is 10.1. The molecule has 1 heterocycles. The SMILES string of the molecule is CCCOc1cccc2c1OCC2N.Cl. The van der Waals surface area contributed by atoms with Crippen LogP contribution in [0.5, 0.6) is 11.5 Å². The van der Waals surface area contributed by atoms with Crippen molar-refractivity contribution >= 4 is 12.4 Å². The van der Waals surface area contributed by atoms with Crippen LogP contribution in [0, 0.1) is 0 Å². The van der Waals surface area contributed by atoms with E-state index in [0.717, 1.165) is 30.1 Å². The van der Waals surface area contributed by atoms with Crippen molar-refractivity contribution in [3.63, 3.8) is 0 Å². The summed E-state index contributed by atoms with van der Waals surface area (Å²) in [5.74, 6) is 1.64. The second-order valence-corrected chi connectivity index (χ2v) is 3.44. The highest BCUT2D eigenvalue weighted by molar-refractivity contribution is 5.85. The van der Waals surface area contributed by atoms with Crippen LogP contribution >= 0.6 is 12.4 Å². The van der Waals surface area contributed by atoms with E-state index in [0.29, 0.717) is 6.61 Å². The van der Waals surface area contributed by atoms with Crippen LogP contribution in [0.2, 0.25) is 0 Å². The fraction of sp³-hybridized carbons (Fsp3) is 0.455. The molecule has 3 nitrogen and oxygen atoms in total. The highest BCUT2D eigenvalue weighted by Gasteiger charge is 2.23. The van der Waals surface area contributed by atoms with Gasteiger partial charge in [0.25, 0.3) is 0 Å². The number of benzene rings is 1. The molecule has 0 spiro atoms. The Hall–Kier alpha value is -0.930. The third kappa shape index (κ3) is 2.36. The minimum atomic E-state index is -0.00447. The molecule has 84 valence electrons. The Labute approximate surface area is 96.0 Å². The second kappa shape index (κ2) is 5.24. The molecule has 2 N–H and O–H groups in total. The molecule has 0 radical (unpaired) electrons. The number of rotatable bonds is 3. The van der Waals surface area contributed by atoms with Gasteiger partial charge in [0.05, 0.1) is 12.6 Å². The number of halogens is 1. The average molecular weight is 230 g/mol. The number of fused-ring (bicyclic) bond motifs is 1. The van der Waals surface area contributed by atoms with Crippen molar-refractivity contribution in [2.45, 2.75) is 19.4 Å². The van der Waals surface area contributed by atoms with Gasteiger partial charge >= 0.3 is 0 Å². The maximum atomic E-state index is 5.86. The van der Waals surface area contributed by atoms with Gasteiger partial charge in [-0.15, -0.1) is 12.4 Å². The average Bonchev–Trinajstić information content (AvgIpc) is 2.58. The van der Waals surface area contributed by atoms with E-state index in [1.165, 1.54) is 0 Å². The fourth-order valence-corrected chi connectivity index (χ4v) is 1.57. The molecule has 4 heteroatoms. The lowest BCUT2D eigenvalue weighted by molar-refractivity contribution is 0.280. The first-order valence-corrected chi connectivity index (χ1v) is 4.97. The molecular weight excluding hydrogens is 214 g/mol. The molecule has 0 aliphatic carbocycles. The first-order valence-electron chi connectivity index (χ1n) is 4.97. The fourth-order valence-electron chi connectivity index (χ4n) is 1.57. The van der Waals surface area contributed by atoms with Crippen LogP contribution in [-0.4, -0.2) is 13.2 Å². The minimum Gasteiger partial charge on any atom is -0.490 e. The van der Waals surface area contributed by atoms with E-state index in [9.17, 15) is 0 Å². The van der Waals surface area contributed by atoms with Gasteiger partial charge in [0.15, 0.2) is 11.5 Å². The summed E-state index contributed by atoms with van der Waals surface area (Å²) in [5, 5.41) is 0. The van der Waals surface area contributed by atoms with Crippen LogP contribution in [0.15, 0.2) is 18.2 Å². The summed E-state index contributed by atoms with van der Waals surface area (Å²) in [4.78, 5) is 0. The number of nitrogens with two attached hydrogens (primary N) is 1. The molecule has 1 aromatic carbocycles. The van der Waals surface area contributed by atoms with Gasteiger partial charge in [-0.05, 0) is 12.5 Å². The summed E-state index contributed by atoms with van der Waals surface area (Å²) in [6, 6.07) is 5.87. The first-order chi connectivity index (χ1) is 6.83. The van der Waals surface area contributed by atoms with Crippen LogP contribution in [0.3, 0.4) is 0 Å². The van der Waals surface area contributed by atoms with Crippen LogP contribution in [-0.2, 0) is 0 Å². The number of ether oxygens (including phenoxy) is 2. The van der Waals surface area contributed by atoms with E-state index in [1.54, 1.807) is 0 Å². The maximum Gasteiger partial charge on any atom is 0.166 e. The van der Waals surface area contributed by atoms with Crippen molar-refractivity contribution in [1.82, 2.24) is 0 Å². The predicted octanol–water partition coefficient (Wildman–Crippen LogP) is 2.29. The van der Waals surface area contributed by atoms with Gasteiger partial charge in [-0.25, -0.2) is 0 Å². The molecule has 1 aromatic rings. The molecule has 2 rings (SSSR count). The van der Waals surface area contributed by atoms with Crippen molar-refractivity contribution in [3.8, 4) is 11.5 Å². The Morgan fingerprint density at radius 1 is 1.53 bits per heavy atom. The smallest absolute Gasteiger partial charge is 0.166 e. The Bertz CT molecular complexity index is 330. The molecule has 0 amide bonds. The molecule has 0 fully saturated rings. The molecule has 0 saturated heterocycles. The normalized spacial score (nSPS) is 17.6. The van der Waals surface area contributed by atoms with Crippen LogP contribution in [0.25, 0.3) is 0 Å². The zero-order valence-electron chi connectivity index (χ0n) is 8.73. The van der Waals surface area contributed by atoms with Crippen molar-refractivity contribution in [2.75, 3.05) is 13.2 Å². The lowest BCUT2D eigenvalue weighted by Gasteiger charge is -2.08. The van der Waals surface area contributed by atoms with Crippen LogP contribution < -0.4 is 15.2 Å². The van der Waals surface area contributed by atoms with E-state index < -0.39 is 0 Å².